The van der Waals surface area contributed by atoms with Crippen LogP contribution in [-0.4, -0.2) is 52.1 Å². The van der Waals surface area contributed by atoms with Crippen LogP contribution in [0.1, 0.15) is 24.8 Å². The molecule has 0 bridgehead atoms. The van der Waals surface area contributed by atoms with E-state index in [1.165, 1.54) is 4.90 Å². The van der Waals surface area contributed by atoms with E-state index in [0.29, 0.717) is 12.8 Å². The monoisotopic (exact) mass is 322 g/mol. The summed E-state index contributed by atoms with van der Waals surface area (Å²) >= 11 is 0. The fourth-order valence-electron chi connectivity index (χ4n) is 2.13. The van der Waals surface area contributed by atoms with Gasteiger partial charge < -0.3 is 20.8 Å². The van der Waals surface area contributed by atoms with Crippen molar-refractivity contribution in [3.8, 4) is 0 Å². The van der Waals surface area contributed by atoms with Gasteiger partial charge >= 0.3 is 11.9 Å². The highest BCUT2D eigenvalue weighted by Gasteiger charge is 2.18. The van der Waals surface area contributed by atoms with Crippen LogP contribution in [0.5, 0.6) is 0 Å². The molecule has 0 saturated carbocycles. The number of carboxylic acids is 2. The smallest absolute Gasteiger partial charge is 0.323 e. The fraction of sp³-hybridized carbons (Fsp3) is 0.438. The first-order valence-electron chi connectivity index (χ1n) is 7.42. The third-order valence-electron chi connectivity index (χ3n) is 3.41. The number of nitrogens with two attached hydrogens (primary N) is 1. The molecule has 23 heavy (non-hydrogen) atoms. The summed E-state index contributed by atoms with van der Waals surface area (Å²) in [5.41, 5.74) is 6.40. The molecule has 1 atom stereocenters. The molecule has 1 amide bonds. The van der Waals surface area contributed by atoms with Crippen LogP contribution in [-0.2, 0) is 20.8 Å². The van der Waals surface area contributed by atoms with Crippen molar-refractivity contribution in [1.82, 2.24) is 4.90 Å². The first-order valence-corrected chi connectivity index (χ1v) is 7.42. The van der Waals surface area contributed by atoms with E-state index < -0.39 is 24.5 Å². The van der Waals surface area contributed by atoms with Gasteiger partial charge in [0, 0.05) is 13.0 Å². The molecule has 0 fully saturated rings. The third kappa shape index (κ3) is 7.42. The lowest BCUT2D eigenvalue weighted by Gasteiger charge is -2.21. The van der Waals surface area contributed by atoms with Crippen molar-refractivity contribution in [3.63, 3.8) is 0 Å². The summed E-state index contributed by atoms with van der Waals surface area (Å²) in [4.78, 5) is 34.9. The maximum atomic E-state index is 12.2. The Hall–Kier alpha value is -2.41. The minimum absolute atomic E-state index is 0.181. The van der Waals surface area contributed by atoms with Gasteiger partial charge in [0.25, 0.3) is 0 Å². The largest absolute Gasteiger partial charge is 0.480 e. The van der Waals surface area contributed by atoms with E-state index in [-0.39, 0.29) is 25.3 Å². The zero-order chi connectivity index (χ0) is 17.2. The summed E-state index contributed by atoms with van der Waals surface area (Å²) in [6, 6.07) is 8.44. The van der Waals surface area contributed by atoms with Gasteiger partial charge in [-0.05, 0) is 24.8 Å². The summed E-state index contributed by atoms with van der Waals surface area (Å²) in [6.07, 6.45) is 1.28. The molecule has 0 aromatic heterocycles. The van der Waals surface area contributed by atoms with Gasteiger partial charge in [-0.1, -0.05) is 30.3 Å². The number of benzene rings is 1. The second-order valence-corrected chi connectivity index (χ2v) is 5.28. The summed E-state index contributed by atoms with van der Waals surface area (Å²) in [5.74, 6) is -2.47. The first-order chi connectivity index (χ1) is 10.9. The average Bonchev–Trinajstić information content (AvgIpc) is 2.52. The van der Waals surface area contributed by atoms with E-state index in [2.05, 4.69) is 0 Å². The van der Waals surface area contributed by atoms with Crippen molar-refractivity contribution in [1.29, 1.82) is 0 Å². The Kier molecular flexibility index (Phi) is 7.76. The molecule has 0 aliphatic heterocycles. The van der Waals surface area contributed by atoms with Crippen molar-refractivity contribution in [2.75, 3.05) is 13.1 Å². The highest BCUT2D eigenvalue weighted by Crippen LogP contribution is 2.06. The standard InChI is InChI=1S/C16H22N2O5/c17-13(16(22)23)7-4-10-18(11-15(20)21)14(19)9-8-12-5-2-1-3-6-12/h1-3,5-6,13H,4,7-11,17H2,(H,20,21)(H,22,23)/t13-/m0/s1. The molecule has 1 aromatic rings. The first kappa shape index (κ1) is 18.6. The number of amides is 1. The molecule has 7 nitrogen and oxygen atoms in total. The minimum Gasteiger partial charge on any atom is -0.480 e. The van der Waals surface area contributed by atoms with Crippen LogP contribution < -0.4 is 5.73 Å². The van der Waals surface area contributed by atoms with Gasteiger partial charge in [-0.2, -0.15) is 0 Å². The number of aryl methyl sites for hydroxylation is 1. The Balaban J connectivity index is 2.49. The van der Waals surface area contributed by atoms with E-state index >= 15 is 0 Å². The number of carbonyl (C=O) groups is 3. The zero-order valence-electron chi connectivity index (χ0n) is 12.9. The number of nitrogens with zero attached hydrogens (tertiary/aromatic N) is 1. The van der Waals surface area contributed by atoms with Crippen LogP contribution in [0.4, 0.5) is 0 Å². The van der Waals surface area contributed by atoms with E-state index in [1.54, 1.807) is 0 Å². The lowest BCUT2D eigenvalue weighted by atomic mass is 10.1. The molecular formula is C16H22N2O5. The van der Waals surface area contributed by atoms with E-state index in [9.17, 15) is 14.4 Å². The number of hydrogen-bond acceptors (Lipinski definition) is 4. The lowest BCUT2D eigenvalue weighted by molar-refractivity contribution is -0.144. The summed E-state index contributed by atoms with van der Waals surface area (Å²) in [6.45, 7) is -0.211. The molecule has 0 unspecified atom stereocenters. The maximum Gasteiger partial charge on any atom is 0.323 e. The highest BCUT2D eigenvalue weighted by atomic mass is 16.4. The van der Waals surface area contributed by atoms with Crippen LogP contribution in [0.15, 0.2) is 30.3 Å². The predicted molar refractivity (Wildman–Crippen MR) is 83.8 cm³/mol. The number of rotatable bonds is 10. The van der Waals surface area contributed by atoms with Gasteiger partial charge in [-0.3, -0.25) is 14.4 Å². The molecule has 0 radical (unpaired) electrons. The normalized spacial score (nSPS) is 11.7. The number of hydrogen-bond donors (Lipinski definition) is 3. The Morgan fingerprint density at radius 3 is 2.35 bits per heavy atom. The van der Waals surface area contributed by atoms with Crippen LogP contribution in [0.25, 0.3) is 0 Å². The maximum absolute atomic E-state index is 12.2. The SMILES string of the molecule is N[C@@H](CCCN(CC(=O)O)C(=O)CCc1ccccc1)C(=O)O. The van der Waals surface area contributed by atoms with Gasteiger partial charge in [0.15, 0.2) is 0 Å². The van der Waals surface area contributed by atoms with Crippen LogP contribution in [0.2, 0.25) is 0 Å². The molecule has 1 aromatic carbocycles. The van der Waals surface area contributed by atoms with Gasteiger partial charge in [0.2, 0.25) is 5.91 Å². The molecular weight excluding hydrogens is 300 g/mol. The Labute approximate surface area is 134 Å². The molecule has 4 N–H and O–H groups in total. The molecule has 7 heteroatoms. The second-order valence-electron chi connectivity index (χ2n) is 5.28. The lowest BCUT2D eigenvalue weighted by Crippen LogP contribution is -2.38. The van der Waals surface area contributed by atoms with Crippen LogP contribution in [0.3, 0.4) is 0 Å². The van der Waals surface area contributed by atoms with Crippen LogP contribution >= 0.6 is 0 Å². The van der Waals surface area contributed by atoms with Crippen molar-refractivity contribution in [2.24, 2.45) is 5.73 Å². The highest BCUT2D eigenvalue weighted by molar-refractivity contribution is 5.81. The fourth-order valence-corrected chi connectivity index (χ4v) is 2.13. The topological polar surface area (TPSA) is 121 Å². The van der Waals surface area contributed by atoms with E-state index in [4.69, 9.17) is 15.9 Å². The molecule has 0 aliphatic rings. The summed E-state index contributed by atoms with van der Waals surface area (Å²) in [5, 5.41) is 17.6. The molecule has 126 valence electrons. The Morgan fingerprint density at radius 2 is 1.78 bits per heavy atom. The molecule has 0 saturated heterocycles. The van der Waals surface area contributed by atoms with Crippen molar-refractivity contribution in [3.05, 3.63) is 35.9 Å². The molecule has 0 aliphatic carbocycles. The number of carbonyl (C=O) groups excluding carboxylic acids is 1. The number of carboxylic acid groups (broad SMARTS) is 2. The van der Waals surface area contributed by atoms with Gasteiger partial charge in [0.1, 0.15) is 12.6 Å². The van der Waals surface area contributed by atoms with Gasteiger partial charge in [-0.25, -0.2) is 0 Å². The second kappa shape index (κ2) is 9.58. The zero-order valence-corrected chi connectivity index (χ0v) is 12.9. The van der Waals surface area contributed by atoms with Gasteiger partial charge in [-0.15, -0.1) is 0 Å². The van der Waals surface area contributed by atoms with Crippen molar-refractivity contribution < 1.29 is 24.6 Å². The third-order valence-corrected chi connectivity index (χ3v) is 3.41. The molecule has 0 spiro atoms. The molecule has 0 heterocycles. The quantitative estimate of drug-likeness (QED) is 0.584. The Morgan fingerprint density at radius 1 is 1.13 bits per heavy atom. The van der Waals surface area contributed by atoms with E-state index in [0.717, 1.165) is 5.56 Å². The molecule has 1 rings (SSSR count). The Bertz CT molecular complexity index is 533. The van der Waals surface area contributed by atoms with E-state index in [1.807, 2.05) is 30.3 Å². The van der Waals surface area contributed by atoms with Crippen molar-refractivity contribution in [2.45, 2.75) is 31.7 Å². The predicted octanol–water partition coefficient (Wildman–Crippen LogP) is 0.724. The summed E-state index contributed by atoms with van der Waals surface area (Å²) in [7, 11) is 0. The van der Waals surface area contributed by atoms with Crippen LogP contribution in [0, 0.1) is 0 Å². The summed E-state index contributed by atoms with van der Waals surface area (Å²) < 4.78 is 0. The number of aliphatic carboxylic acids is 2. The van der Waals surface area contributed by atoms with Gasteiger partial charge in [0.05, 0.1) is 0 Å². The average molecular weight is 322 g/mol. The minimum atomic E-state index is -1.11. The van der Waals surface area contributed by atoms with Crippen molar-refractivity contribution >= 4 is 17.8 Å².